The van der Waals surface area contributed by atoms with Gasteiger partial charge in [0.05, 0.1) is 20.8 Å². The highest BCUT2D eigenvalue weighted by molar-refractivity contribution is 6.07. The van der Waals surface area contributed by atoms with Crippen LogP contribution in [-0.4, -0.2) is 26.6 Å². The van der Waals surface area contributed by atoms with Gasteiger partial charge in [0.15, 0.2) is 17.3 Å². The molecule has 0 aliphatic carbocycles. The fourth-order valence-corrected chi connectivity index (χ4v) is 2.20. The zero-order valence-electron chi connectivity index (χ0n) is 13.5. The van der Waals surface area contributed by atoms with Gasteiger partial charge in [0.1, 0.15) is 0 Å². The molecule has 2 aromatic carbocycles. The van der Waals surface area contributed by atoms with Gasteiger partial charge in [0.25, 0.3) is 0 Å². The van der Waals surface area contributed by atoms with Crippen molar-refractivity contribution in [2.24, 2.45) is 0 Å². The molecule has 4 heteroatoms. The Balaban J connectivity index is 2.35. The number of benzene rings is 2. The summed E-state index contributed by atoms with van der Waals surface area (Å²) in [5.74, 6) is 1.60. The number of allylic oxidation sites excluding steroid dienone is 1. The van der Waals surface area contributed by atoms with Crippen molar-refractivity contribution in [2.75, 3.05) is 20.8 Å². The van der Waals surface area contributed by atoms with E-state index in [4.69, 9.17) is 14.2 Å². The summed E-state index contributed by atoms with van der Waals surface area (Å²) < 4.78 is 16.3. The fourth-order valence-electron chi connectivity index (χ4n) is 2.20. The third kappa shape index (κ3) is 3.92. The van der Waals surface area contributed by atoms with Gasteiger partial charge in [-0.1, -0.05) is 30.3 Å². The summed E-state index contributed by atoms with van der Waals surface area (Å²) in [4.78, 5) is 12.2. The van der Waals surface area contributed by atoms with Crippen molar-refractivity contribution < 1.29 is 19.0 Å². The SMILES string of the molecule is CCOc1c(C=CC(=O)c2ccccc2)ccc(OC)c1OC. The molecule has 0 amide bonds. The van der Waals surface area contributed by atoms with E-state index in [2.05, 4.69) is 0 Å². The van der Waals surface area contributed by atoms with Gasteiger partial charge in [0, 0.05) is 11.1 Å². The Bertz CT molecular complexity index is 690. The lowest BCUT2D eigenvalue weighted by atomic mass is 10.1. The van der Waals surface area contributed by atoms with E-state index in [0.717, 1.165) is 5.56 Å². The average molecular weight is 312 g/mol. The number of methoxy groups -OCH3 is 2. The van der Waals surface area contributed by atoms with Crippen LogP contribution < -0.4 is 14.2 Å². The molecule has 0 atom stereocenters. The first-order valence-electron chi connectivity index (χ1n) is 7.36. The molecule has 0 spiro atoms. The molecule has 4 nitrogen and oxygen atoms in total. The number of carbonyl (C=O) groups is 1. The van der Waals surface area contributed by atoms with E-state index in [1.807, 2.05) is 31.2 Å². The smallest absolute Gasteiger partial charge is 0.203 e. The Morgan fingerprint density at radius 3 is 2.35 bits per heavy atom. The predicted molar refractivity (Wildman–Crippen MR) is 90.5 cm³/mol. The molecule has 2 aromatic rings. The molecular formula is C19H20O4. The third-order valence-electron chi connectivity index (χ3n) is 3.29. The van der Waals surface area contributed by atoms with Gasteiger partial charge in [-0.15, -0.1) is 0 Å². The minimum Gasteiger partial charge on any atom is -0.493 e. The molecule has 2 rings (SSSR count). The summed E-state index contributed by atoms with van der Waals surface area (Å²) in [7, 11) is 3.13. The molecule has 0 N–H and O–H groups in total. The van der Waals surface area contributed by atoms with Gasteiger partial charge in [-0.25, -0.2) is 0 Å². The molecule has 0 heterocycles. The molecule has 0 fully saturated rings. The predicted octanol–water partition coefficient (Wildman–Crippen LogP) is 4.00. The fraction of sp³-hybridized carbons (Fsp3) is 0.211. The maximum atomic E-state index is 12.2. The van der Waals surface area contributed by atoms with Crippen molar-refractivity contribution in [3.05, 3.63) is 59.7 Å². The number of rotatable bonds is 7. The van der Waals surface area contributed by atoms with Crippen molar-refractivity contribution >= 4 is 11.9 Å². The minimum atomic E-state index is -0.0668. The van der Waals surface area contributed by atoms with Crippen molar-refractivity contribution in [1.82, 2.24) is 0 Å². The second-order valence-electron chi connectivity index (χ2n) is 4.72. The molecule has 23 heavy (non-hydrogen) atoms. The Kier molecular flexibility index (Phi) is 5.80. The molecular weight excluding hydrogens is 292 g/mol. The average Bonchev–Trinajstić information content (AvgIpc) is 2.60. The van der Waals surface area contributed by atoms with E-state index in [1.54, 1.807) is 38.5 Å². The lowest BCUT2D eigenvalue weighted by Crippen LogP contribution is -2.00. The van der Waals surface area contributed by atoms with E-state index < -0.39 is 0 Å². The second kappa shape index (κ2) is 8.03. The zero-order valence-corrected chi connectivity index (χ0v) is 13.5. The topological polar surface area (TPSA) is 44.8 Å². The number of carbonyl (C=O) groups excluding carboxylic acids is 1. The Morgan fingerprint density at radius 1 is 1.00 bits per heavy atom. The largest absolute Gasteiger partial charge is 0.493 e. The Labute approximate surface area is 136 Å². The van der Waals surface area contributed by atoms with Crippen LogP contribution in [0.3, 0.4) is 0 Å². The van der Waals surface area contributed by atoms with Crippen LogP contribution >= 0.6 is 0 Å². The van der Waals surface area contributed by atoms with Crippen LogP contribution in [0.25, 0.3) is 6.08 Å². The Hall–Kier alpha value is -2.75. The zero-order chi connectivity index (χ0) is 16.7. The summed E-state index contributed by atoms with van der Waals surface area (Å²) >= 11 is 0. The molecule has 0 saturated carbocycles. The summed E-state index contributed by atoms with van der Waals surface area (Å²) in [6.45, 7) is 2.37. The number of hydrogen-bond acceptors (Lipinski definition) is 4. The number of hydrogen-bond donors (Lipinski definition) is 0. The summed E-state index contributed by atoms with van der Waals surface area (Å²) in [5.41, 5.74) is 1.40. The van der Waals surface area contributed by atoms with E-state index >= 15 is 0 Å². The van der Waals surface area contributed by atoms with Crippen LogP contribution in [0, 0.1) is 0 Å². The quantitative estimate of drug-likeness (QED) is 0.572. The summed E-state index contributed by atoms with van der Waals surface area (Å²) in [5, 5.41) is 0. The van der Waals surface area contributed by atoms with Crippen molar-refractivity contribution in [3.8, 4) is 17.2 Å². The molecule has 0 saturated heterocycles. The first kappa shape index (κ1) is 16.6. The summed E-state index contributed by atoms with van der Waals surface area (Å²) in [6.07, 6.45) is 3.25. The normalized spacial score (nSPS) is 10.6. The highest BCUT2D eigenvalue weighted by Crippen LogP contribution is 2.40. The second-order valence-corrected chi connectivity index (χ2v) is 4.72. The Morgan fingerprint density at radius 2 is 1.74 bits per heavy atom. The molecule has 0 aliphatic rings. The van der Waals surface area contributed by atoms with E-state index in [0.29, 0.717) is 29.4 Å². The van der Waals surface area contributed by atoms with Gasteiger partial charge in [-0.05, 0) is 31.2 Å². The monoisotopic (exact) mass is 312 g/mol. The van der Waals surface area contributed by atoms with Crippen molar-refractivity contribution in [2.45, 2.75) is 6.92 Å². The van der Waals surface area contributed by atoms with Crippen molar-refractivity contribution in [3.63, 3.8) is 0 Å². The van der Waals surface area contributed by atoms with Crippen molar-refractivity contribution in [1.29, 1.82) is 0 Å². The van der Waals surface area contributed by atoms with E-state index in [9.17, 15) is 4.79 Å². The molecule has 0 aromatic heterocycles. The number of ketones is 1. The standard InChI is InChI=1S/C19H20O4/c1-4-23-18-15(11-13-17(21-2)19(18)22-3)10-12-16(20)14-8-6-5-7-9-14/h5-13H,4H2,1-3H3. The first-order valence-corrected chi connectivity index (χ1v) is 7.36. The van der Waals surface area contributed by atoms with E-state index in [1.165, 1.54) is 6.08 Å². The van der Waals surface area contributed by atoms with Crippen LogP contribution in [-0.2, 0) is 0 Å². The van der Waals surface area contributed by atoms with Gasteiger partial charge in [-0.3, -0.25) is 4.79 Å². The van der Waals surface area contributed by atoms with Crippen LogP contribution in [0.2, 0.25) is 0 Å². The lowest BCUT2D eigenvalue weighted by molar-refractivity contribution is 0.104. The minimum absolute atomic E-state index is 0.0668. The summed E-state index contributed by atoms with van der Waals surface area (Å²) in [6, 6.07) is 12.7. The van der Waals surface area contributed by atoms with Gasteiger partial charge in [0.2, 0.25) is 5.75 Å². The maximum absolute atomic E-state index is 12.2. The van der Waals surface area contributed by atoms with Gasteiger partial charge in [-0.2, -0.15) is 0 Å². The molecule has 0 unspecified atom stereocenters. The molecule has 0 radical (unpaired) electrons. The highest BCUT2D eigenvalue weighted by atomic mass is 16.5. The van der Waals surface area contributed by atoms with Crippen LogP contribution in [0.15, 0.2) is 48.5 Å². The van der Waals surface area contributed by atoms with Gasteiger partial charge >= 0.3 is 0 Å². The maximum Gasteiger partial charge on any atom is 0.203 e. The van der Waals surface area contributed by atoms with Gasteiger partial charge < -0.3 is 14.2 Å². The molecule has 0 bridgehead atoms. The molecule has 0 aliphatic heterocycles. The van der Waals surface area contributed by atoms with Crippen LogP contribution in [0.4, 0.5) is 0 Å². The molecule has 120 valence electrons. The number of ether oxygens (including phenoxy) is 3. The van der Waals surface area contributed by atoms with Crippen LogP contribution in [0.1, 0.15) is 22.8 Å². The third-order valence-corrected chi connectivity index (χ3v) is 3.29. The lowest BCUT2D eigenvalue weighted by Gasteiger charge is -2.15. The first-order chi connectivity index (χ1) is 11.2. The van der Waals surface area contributed by atoms with Crippen LogP contribution in [0.5, 0.6) is 17.2 Å². The van der Waals surface area contributed by atoms with E-state index in [-0.39, 0.29) is 5.78 Å². The highest BCUT2D eigenvalue weighted by Gasteiger charge is 2.15.